The van der Waals surface area contributed by atoms with E-state index in [-0.39, 0.29) is 35.2 Å². The fraction of sp³-hybridized carbons (Fsp3) is 0.294. The van der Waals surface area contributed by atoms with Crippen molar-refractivity contribution in [3.8, 4) is 6.07 Å². The largest absolute Gasteiger partial charge is 0.324 e. The molecule has 0 radical (unpaired) electrons. The van der Waals surface area contributed by atoms with Gasteiger partial charge in [-0.1, -0.05) is 23.8 Å². The van der Waals surface area contributed by atoms with Gasteiger partial charge in [-0.2, -0.15) is 5.26 Å². The number of halogens is 1. The molecule has 1 aromatic carbocycles. The number of hydrogen-bond acceptors (Lipinski definition) is 4. The van der Waals surface area contributed by atoms with E-state index in [0.29, 0.717) is 24.1 Å². The summed E-state index contributed by atoms with van der Waals surface area (Å²) < 4.78 is 0. The van der Waals surface area contributed by atoms with Crippen LogP contribution in [0.25, 0.3) is 0 Å². The molecule has 1 fully saturated rings. The predicted octanol–water partition coefficient (Wildman–Crippen LogP) is 2.10. The number of likely N-dealkylation sites (tertiary alicyclic amines) is 1. The van der Waals surface area contributed by atoms with E-state index >= 15 is 0 Å². The average Bonchev–Trinajstić information content (AvgIpc) is 2.80. The third kappa shape index (κ3) is 2.91. The molecule has 122 valence electrons. The van der Waals surface area contributed by atoms with Crippen molar-refractivity contribution >= 4 is 35.0 Å². The predicted molar refractivity (Wildman–Crippen MR) is 86.9 cm³/mol. The zero-order valence-electron chi connectivity index (χ0n) is 12.7. The quantitative estimate of drug-likeness (QED) is 0.672. The number of carbonyl (C=O) groups excluding carboxylic acids is 3. The highest BCUT2D eigenvalue weighted by Gasteiger charge is 2.47. The van der Waals surface area contributed by atoms with Gasteiger partial charge in [-0.3, -0.25) is 19.3 Å². The van der Waals surface area contributed by atoms with E-state index < -0.39 is 5.91 Å². The van der Waals surface area contributed by atoms with Crippen LogP contribution in [-0.2, 0) is 14.4 Å². The van der Waals surface area contributed by atoms with Gasteiger partial charge in [0, 0.05) is 5.69 Å². The van der Waals surface area contributed by atoms with Crippen LogP contribution in [-0.4, -0.2) is 29.2 Å². The molecule has 1 heterocycles. The van der Waals surface area contributed by atoms with Gasteiger partial charge in [0.15, 0.2) is 0 Å². The maximum Gasteiger partial charge on any atom is 0.244 e. The third-order valence-corrected chi connectivity index (χ3v) is 4.59. The van der Waals surface area contributed by atoms with Crippen molar-refractivity contribution in [3.05, 3.63) is 40.9 Å². The number of allylic oxidation sites excluding steroid dienone is 2. The van der Waals surface area contributed by atoms with Crippen LogP contribution in [0.15, 0.2) is 30.4 Å². The molecule has 6 nitrogen and oxygen atoms in total. The van der Waals surface area contributed by atoms with Gasteiger partial charge in [0.2, 0.25) is 17.7 Å². The van der Waals surface area contributed by atoms with Crippen molar-refractivity contribution < 1.29 is 14.4 Å². The van der Waals surface area contributed by atoms with Crippen molar-refractivity contribution in [3.63, 3.8) is 0 Å². The molecule has 24 heavy (non-hydrogen) atoms. The minimum absolute atomic E-state index is 0.223. The van der Waals surface area contributed by atoms with E-state index in [0.717, 1.165) is 4.90 Å². The van der Waals surface area contributed by atoms with Crippen molar-refractivity contribution in [2.45, 2.75) is 12.8 Å². The lowest BCUT2D eigenvalue weighted by molar-refractivity contribution is -0.142. The zero-order valence-corrected chi connectivity index (χ0v) is 13.4. The number of carbonyl (C=O) groups is 3. The highest BCUT2D eigenvalue weighted by molar-refractivity contribution is 6.32. The van der Waals surface area contributed by atoms with Crippen LogP contribution in [0.3, 0.4) is 0 Å². The van der Waals surface area contributed by atoms with E-state index in [1.807, 2.05) is 18.2 Å². The molecule has 1 aliphatic carbocycles. The number of nitrogens with zero attached hydrogens (tertiary/aromatic N) is 2. The van der Waals surface area contributed by atoms with Gasteiger partial charge in [-0.05, 0) is 31.0 Å². The normalized spacial score (nSPS) is 22.2. The number of fused-ring (bicyclic) bond motifs is 1. The molecule has 3 rings (SSSR count). The van der Waals surface area contributed by atoms with Crippen molar-refractivity contribution in [2.75, 3.05) is 11.9 Å². The molecule has 0 aromatic heterocycles. The van der Waals surface area contributed by atoms with Crippen LogP contribution in [0.1, 0.15) is 18.4 Å². The van der Waals surface area contributed by atoms with Crippen LogP contribution >= 0.6 is 11.6 Å². The van der Waals surface area contributed by atoms with Gasteiger partial charge in [0.05, 0.1) is 22.4 Å². The molecule has 0 saturated carbocycles. The molecule has 0 unspecified atom stereocenters. The molecule has 7 heteroatoms. The molecule has 0 spiro atoms. The van der Waals surface area contributed by atoms with Gasteiger partial charge in [0.25, 0.3) is 0 Å². The van der Waals surface area contributed by atoms with Gasteiger partial charge >= 0.3 is 0 Å². The minimum atomic E-state index is -0.482. The molecule has 1 N–H and O–H groups in total. The van der Waals surface area contributed by atoms with Crippen molar-refractivity contribution in [2.24, 2.45) is 11.8 Å². The summed E-state index contributed by atoms with van der Waals surface area (Å²) in [4.78, 5) is 37.8. The molecule has 1 aliphatic heterocycles. The van der Waals surface area contributed by atoms with Gasteiger partial charge < -0.3 is 5.32 Å². The number of hydrogen-bond donors (Lipinski definition) is 1. The lowest BCUT2D eigenvalue weighted by Gasteiger charge is -2.14. The summed E-state index contributed by atoms with van der Waals surface area (Å²) in [6.07, 6.45) is 4.88. The first-order valence-corrected chi connectivity index (χ1v) is 7.88. The second kappa shape index (κ2) is 6.46. The summed E-state index contributed by atoms with van der Waals surface area (Å²) in [6.45, 7) is -0.317. The number of benzene rings is 1. The monoisotopic (exact) mass is 343 g/mol. The summed E-state index contributed by atoms with van der Waals surface area (Å²) in [6, 6.07) is 6.41. The smallest absolute Gasteiger partial charge is 0.244 e. The fourth-order valence-electron chi connectivity index (χ4n) is 3.05. The first-order valence-electron chi connectivity index (χ1n) is 7.51. The zero-order chi connectivity index (χ0) is 17.3. The Bertz CT molecular complexity index is 771. The van der Waals surface area contributed by atoms with Crippen LogP contribution in [0.5, 0.6) is 0 Å². The molecular weight excluding hydrogens is 330 g/mol. The van der Waals surface area contributed by atoms with Gasteiger partial charge in [-0.25, -0.2) is 0 Å². The molecule has 2 atom stereocenters. The lowest BCUT2D eigenvalue weighted by Crippen LogP contribution is -2.38. The Balaban J connectivity index is 1.67. The summed E-state index contributed by atoms with van der Waals surface area (Å²) in [5, 5.41) is 11.6. The summed E-state index contributed by atoms with van der Waals surface area (Å²) in [5.41, 5.74) is 0.707. The molecular formula is C17H14ClN3O3. The van der Waals surface area contributed by atoms with Crippen LogP contribution in [0.2, 0.25) is 5.02 Å². The Kier molecular flexibility index (Phi) is 4.36. The maximum absolute atomic E-state index is 12.3. The SMILES string of the molecule is N#Cc1ccc(NC(=O)CN2C(=O)[C@H]3CC=CC[C@@H]3C2=O)cc1Cl. The molecule has 2 aliphatic rings. The van der Waals surface area contributed by atoms with E-state index in [4.69, 9.17) is 16.9 Å². The van der Waals surface area contributed by atoms with E-state index in [1.165, 1.54) is 12.1 Å². The molecule has 1 saturated heterocycles. The van der Waals surface area contributed by atoms with Gasteiger partial charge in [0.1, 0.15) is 12.6 Å². The fourth-order valence-corrected chi connectivity index (χ4v) is 3.28. The highest BCUT2D eigenvalue weighted by atomic mass is 35.5. The first kappa shape index (κ1) is 16.2. The Morgan fingerprint density at radius 1 is 1.25 bits per heavy atom. The average molecular weight is 344 g/mol. The number of anilines is 1. The third-order valence-electron chi connectivity index (χ3n) is 4.27. The number of nitrogens with one attached hydrogen (secondary N) is 1. The molecule has 1 aromatic rings. The van der Waals surface area contributed by atoms with E-state index in [1.54, 1.807) is 6.07 Å². The first-order chi connectivity index (χ1) is 11.5. The second-order valence-corrected chi connectivity index (χ2v) is 6.18. The standard InChI is InChI=1S/C17H14ClN3O3/c18-14-7-11(6-5-10(14)8-19)20-15(22)9-21-16(23)12-3-1-2-4-13(12)17(21)24/h1-2,5-7,12-13H,3-4,9H2,(H,20,22)/t12-,13-/m0/s1. The Morgan fingerprint density at radius 2 is 1.88 bits per heavy atom. The summed E-state index contributed by atoms with van der Waals surface area (Å²) in [7, 11) is 0. The number of amides is 3. The maximum atomic E-state index is 12.3. The van der Waals surface area contributed by atoms with Crippen molar-refractivity contribution in [1.29, 1.82) is 5.26 Å². The topological polar surface area (TPSA) is 90.3 Å². The Labute approximate surface area is 143 Å². The molecule has 3 amide bonds. The molecule has 0 bridgehead atoms. The number of nitriles is 1. The van der Waals surface area contributed by atoms with E-state index in [2.05, 4.69) is 5.32 Å². The van der Waals surface area contributed by atoms with E-state index in [9.17, 15) is 14.4 Å². The second-order valence-electron chi connectivity index (χ2n) is 5.77. The number of rotatable bonds is 3. The minimum Gasteiger partial charge on any atom is -0.324 e. The van der Waals surface area contributed by atoms with Crippen LogP contribution in [0, 0.1) is 23.2 Å². The van der Waals surface area contributed by atoms with Crippen LogP contribution < -0.4 is 5.32 Å². The Morgan fingerprint density at radius 3 is 2.42 bits per heavy atom. The Hall–Kier alpha value is -2.65. The number of imide groups is 1. The lowest BCUT2D eigenvalue weighted by atomic mass is 9.85. The van der Waals surface area contributed by atoms with Crippen molar-refractivity contribution in [1.82, 2.24) is 4.90 Å². The van der Waals surface area contributed by atoms with Crippen LogP contribution in [0.4, 0.5) is 5.69 Å². The summed E-state index contributed by atoms with van der Waals surface area (Å²) >= 11 is 5.91. The highest BCUT2D eigenvalue weighted by Crippen LogP contribution is 2.34. The summed E-state index contributed by atoms with van der Waals surface area (Å²) in [5.74, 6) is -1.76. The van der Waals surface area contributed by atoms with Gasteiger partial charge in [-0.15, -0.1) is 0 Å².